The lowest BCUT2D eigenvalue weighted by Gasteiger charge is -2.51. The number of rotatable bonds is 2. The summed E-state index contributed by atoms with van der Waals surface area (Å²) in [5, 5.41) is 23.5. The van der Waals surface area contributed by atoms with Crippen molar-refractivity contribution in [3.05, 3.63) is 96.1 Å². The quantitative estimate of drug-likeness (QED) is 0.221. The van der Waals surface area contributed by atoms with Crippen molar-refractivity contribution in [3.63, 3.8) is 0 Å². The summed E-state index contributed by atoms with van der Waals surface area (Å²) in [5.41, 5.74) is 8.41. The summed E-state index contributed by atoms with van der Waals surface area (Å²) in [6.07, 6.45) is 7.71. The minimum absolute atomic E-state index is 0.335. The Kier molecular flexibility index (Phi) is 4.88. The van der Waals surface area contributed by atoms with Crippen molar-refractivity contribution in [2.24, 2.45) is 64.6 Å². The van der Waals surface area contributed by atoms with Crippen LogP contribution in [-0.2, 0) is 0 Å². The Morgan fingerprint density at radius 3 is 1.36 bits per heavy atom. The summed E-state index contributed by atoms with van der Waals surface area (Å²) < 4.78 is 0. The second kappa shape index (κ2) is 8.68. The van der Waals surface area contributed by atoms with Gasteiger partial charge in [-0.1, -0.05) is 84.9 Å². The molecule has 0 aliphatic heterocycles. The van der Waals surface area contributed by atoms with Crippen LogP contribution in [0.25, 0.3) is 33.0 Å². The Labute approximate surface area is 266 Å². The number of hydrogen-bond acceptors (Lipinski definition) is 2. The van der Waals surface area contributed by atoms with Gasteiger partial charge < -0.3 is 0 Å². The Morgan fingerprint density at radius 2 is 0.911 bits per heavy atom. The van der Waals surface area contributed by atoms with Crippen molar-refractivity contribution < 1.29 is 0 Å². The number of hydrogen-bond donors (Lipinski definition) is 0. The monoisotopic (exact) mass is 582 g/mol. The Hall–Kier alpha value is -3.88. The first-order valence-electron chi connectivity index (χ1n) is 17.7. The highest BCUT2D eigenvalue weighted by atomic mass is 14.8. The second-order valence-electron chi connectivity index (χ2n) is 16.0. The van der Waals surface area contributed by atoms with Gasteiger partial charge in [0.1, 0.15) is 5.41 Å². The van der Waals surface area contributed by atoms with Crippen LogP contribution in [0.5, 0.6) is 0 Å². The van der Waals surface area contributed by atoms with Crippen LogP contribution in [0.2, 0.25) is 0 Å². The molecule has 0 amide bonds. The molecule has 0 N–H and O–H groups in total. The molecule has 0 spiro atoms. The normalized spacial score (nSPS) is 40.0. The van der Waals surface area contributed by atoms with E-state index in [1.807, 2.05) is 0 Å². The average Bonchev–Trinajstić information content (AvgIpc) is 3.94. The SMILES string of the molecule is N#CC1(C#N)[C@@H]2CC[C@H]1[C@H]1[C@H]3C[C@H]([C@H]4C[C@@H]5[C@H](C[C@H]43)[C@H]3C[C@@H]5c4c3c(-c3ccccc3)c3ccccc3c4-c3ccccc3)[C@H]12. The Morgan fingerprint density at radius 1 is 0.489 bits per heavy atom. The van der Waals surface area contributed by atoms with E-state index in [0.717, 1.165) is 48.3 Å². The van der Waals surface area contributed by atoms with E-state index in [1.54, 1.807) is 11.1 Å². The zero-order chi connectivity index (χ0) is 29.6. The molecule has 6 saturated carbocycles. The first kappa shape index (κ1) is 25.3. The molecule has 11 rings (SSSR count). The summed E-state index contributed by atoms with van der Waals surface area (Å²) >= 11 is 0. The summed E-state index contributed by atoms with van der Waals surface area (Å²) in [7, 11) is 0. The summed E-state index contributed by atoms with van der Waals surface area (Å²) in [4.78, 5) is 0. The van der Waals surface area contributed by atoms with Crippen molar-refractivity contribution in [1.29, 1.82) is 10.5 Å². The lowest BCUT2D eigenvalue weighted by molar-refractivity contribution is -0.00521. The molecule has 2 nitrogen and oxygen atoms in total. The molecule has 0 saturated heterocycles. The van der Waals surface area contributed by atoms with Crippen LogP contribution in [0, 0.1) is 87.3 Å². The molecule has 7 aliphatic carbocycles. The topological polar surface area (TPSA) is 47.6 Å². The summed E-state index contributed by atoms with van der Waals surface area (Å²) in [6.45, 7) is 0. The minimum atomic E-state index is -0.694. The van der Waals surface area contributed by atoms with Gasteiger partial charge in [-0.05, 0) is 154 Å². The largest absolute Gasteiger partial charge is 0.197 e. The van der Waals surface area contributed by atoms with Crippen molar-refractivity contribution in [2.45, 2.75) is 50.4 Å². The van der Waals surface area contributed by atoms with Crippen LogP contribution >= 0.6 is 0 Å². The third kappa shape index (κ3) is 2.89. The molecule has 6 fully saturated rings. The first-order chi connectivity index (χ1) is 22.2. The zero-order valence-electron chi connectivity index (χ0n) is 25.6. The highest BCUT2D eigenvalue weighted by Crippen LogP contribution is 2.79. The van der Waals surface area contributed by atoms with Crippen LogP contribution in [0.1, 0.15) is 61.5 Å². The van der Waals surface area contributed by atoms with E-state index in [9.17, 15) is 10.5 Å². The van der Waals surface area contributed by atoms with Gasteiger partial charge in [-0.3, -0.25) is 0 Å². The van der Waals surface area contributed by atoms with Crippen molar-refractivity contribution in [2.75, 3.05) is 0 Å². The summed E-state index contributed by atoms with van der Waals surface area (Å²) in [6, 6.07) is 37.0. The second-order valence-corrected chi connectivity index (χ2v) is 16.0. The molecular weight excluding hydrogens is 544 g/mol. The van der Waals surface area contributed by atoms with E-state index in [2.05, 4.69) is 97.1 Å². The van der Waals surface area contributed by atoms with E-state index in [1.165, 1.54) is 58.7 Å². The van der Waals surface area contributed by atoms with E-state index in [4.69, 9.17) is 0 Å². The predicted molar refractivity (Wildman–Crippen MR) is 177 cm³/mol. The predicted octanol–water partition coefficient (Wildman–Crippen LogP) is 9.97. The van der Waals surface area contributed by atoms with E-state index < -0.39 is 5.41 Å². The summed E-state index contributed by atoms with van der Waals surface area (Å²) in [5.74, 6) is 7.88. The Bertz CT molecular complexity index is 1840. The van der Waals surface area contributed by atoms with Crippen LogP contribution in [0.3, 0.4) is 0 Å². The van der Waals surface area contributed by atoms with Crippen molar-refractivity contribution >= 4 is 10.8 Å². The number of fused-ring (bicyclic) bond motifs is 21. The molecular formula is C43H38N2. The smallest absolute Gasteiger partial charge is 0.149 e. The fourth-order valence-electron chi connectivity index (χ4n) is 14.3. The molecule has 0 heterocycles. The van der Waals surface area contributed by atoms with Gasteiger partial charge in [0, 0.05) is 0 Å². The maximum absolute atomic E-state index is 10.4. The van der Waals surface area contributed by atoms with E-state index >= 15 is 0 Å². The van der Waals surface area contributed by atoms with Crippen molar-refractivity contribution in [3.8, 4) is 34.4 Å². The maximum Gasteiger partial charge on any atom is 0.149 e. The lowest BCUT2D eigenvalue weighted by Crippen LogP contribution is -2.44. The fourth-order valence-corrected chi connectivity index (χ4v) is 14.3. The molecule has 4 aromatic rings. The highest BCUT2D eigenvalue weighted by molar-refractivity contribution is 6.08. The van der Waals surface area contributed by atoms with E-state index in [0.29, 0.717) is 35.5 Å². The molecule has 0 unspecified atom stereocenters. The average molecular weight is 583 g/mol. The molecule has 220 valence electrons. The highest BCUT2D eigenvalue weighted by Gasteiger charge is 2.75. The first-order valence-corrected chi connectivity index (χ1v) is 17.7. The van der Waals surface area contributed by atoms with Gasteiger partial charge in [0.05, 0.1) is 12.1 Å². The van der Waals surface area contributed by atoms with Gasteiger partial charge in [-0.2, -0.15) is 10.5 Å². The molecule has 0 radical (unpaired) electrons. The van der Waals surface area contributed by atoms with Crippen LogP contribution in [0.15, 0.2) is 84.9 Å². The molecule has 7 aliphatic rings. The van der Waals surface area contributed by atoms with Gasteiger partial charge in [0.15, 0.2) is 0 Å². The van der Waals surface area contributed by atoms with Gasteiger partial charge in [0.25, 0.3) is 0 Å². The minimum Gasteiger partial charge on any atom is -0.197 e. The van der Waals surface area contributed by atoms with Gasteiger partial charge in [0.2, 0.25) is 0 Å². The molecule has 12 atom stereocenters. The third-order valence-electron chi connectivity index (χ3n) is 15.2. The molecule has 4 aromatic carbocycles. The van der Waals surface area contributed by atoms with E-state index in [-0.39, 0.29) is 0 Å². The van der Waals surface area contributed by atoms with Crippen LogP contribution in [-0.4, -0.2) is 0 Å². The number of benzene rings is 4. The van der Waals surface area contributed by atoms with Crippen molar-refractivity contribution in [1.82, 2.24) is 0 Å². The molecule has 6 bridgehead atoms. The third-order valence-corrected chi connectivity index (χ3v) is 15.2. The van der Waals surface area contributed by atoms with Crippen LogP contribution in [0.4, 0.5) is 0 Å². The molecule has 2 heteroatoms. The zero-order valence-corrected chi connectivity index (χ0v) is 25.6. The standard InChI is InChI=1S/C43H38N2/c44-21-43(22-45)35-15-16-36(43)40-32-19-31(39(35)40)27-17-29-30(18-28(27)32)34-20-33(29)41-37(23-9-3-1-4-10-23)25-13-7-8-14-26(25)38(42(34)41)24-11-5-2-6-12-24/h1-14,27-36,39-40H,15-20H2/t27-,28+,29+,30-,31+,32-,33-,34+,35+,36-,39-,40+. The van der Waals surface area contributed by atoms with Gasteiger partial charge in [-0.25, -0.2) is 0 Å². The number of nitriles is 2. The van der Waals surface area contributed by atoms with Crippen LogP contribution < -0.4 is 0 Å². The number of nitrogens with zero attached hydrogens (tertiary/aromatic N) is 2. The Balaban J connectivity index is 1.07. The fraction of sp³-hybridized carbons (Fsp3) is 0.442. The maximum atomic E-state index is 10.4. The molecule has 45 heavy (non-hydrogen) atoms. The van der Waals surface area contributed by atoms with Gasteiger partial charge >= 0.3 is 0 Å². The van der Waals surface area contributed by atoms with Gasteiger partial charge in [-0.15, -0.1) is 0 Å². The lowest BCUT2D eigenvalue weighted by atomic mass is 9.54. The molecule has 0 aromatic heterocycles.